The summed E-state index contributed by atoms with van der Waals surface area (Å²) < 4.78 is 17.4. The van der Waals surface area contributed by atoms with Crippen LogP contribution in [-0.4, -0.2) is 69.3 Å². The molecule has 2 spiro atoms. The van der Waals surface area contributed by atoms with Crippen LogP contribution in [-0.2, 0) is 14.2 Å². The fourth-order valence-electron chi connectivity index (χ4n) is 3.09. The van der Waals surface area contributed by atoms with Crippen LogP contribution in [0.15, 0.2) is 0 Å². The van der Waals surface area contributed by atoms with Crippen LogP contribution in [0.25, 0.3) is 0 Å². The molecule has 0 saturated carbocycles. The van der Waals surface area contributed by atoms with Crippen molar-refractivity contribution in [3.05, 3.63) is 0 Å². The second kappa shape index (κ2) is 5.06. The van der Waals surface area contributed by atoms with Gasteiger partial charge in [-0.05, 0) is 19.9 Å². The summed E-state index contributed by atoms with van der Waals surface area (Å²) in [5, 5.41) is 3.64. The Labute approximate surface area is 109 Å². The molecule has 104 valence electrons. The molecule has 3 aliphatic heterocycles. The number of hydrogen-bond acceptors (Lipinski definition) is 5. The Morgan fingerprint density at radius 2 is 2.00 bits per heavy atom. The number of morpholine rings is 1. The number of rotatable bonds is 0. The zero-order valence-corrected chi connectivity index (χ0v) is 11.2. The van der Waals surface area contributed by atoms with Gasteiger partial charge < -0.3 is 14.2 Å². The summed E-state index contributed by atoms with van der Waals surface area (Å²) in [5.41, 5.74) is -0.128. The highest BCUT2D eigenvalue weighted by atomic mass is 16.5. The van der Waals surface area contributed by atoms with E-state index < -0.39 is 0 Å². The van der Waals surface area contributed by atoms with Crippen molar-refractivity contribution in [1.82, 2.24) is 10.2 Å². The van der Waals surface area contributed by atoms with Crippen LogP contribution in [0.5, 0.6) is 0 Å². The lowest BCUT2D eigenvalue weighted by Crippen LogP contribution is -2.70. The van der Waals surface area contributed by atoms with Crippen LogP contribution >= 0.6 is 0 Å². The molecule has 3 heterocycles. The number of ether oxygens (including phenoxy) is 3. The van der Waals surface area contributed by atoms with E-state index >= 15 is 0 Å². The highest BCUT2D eigenvalue weighted by Crippen LogP contribution is 2.31. The predicted octanol–water partition coefficient (Wildman–Crippen LogP) is 0.204. The van der Waals surface area contributed by atoms with Gasteiger partial charge in [0, 0.05) is 26.1 Å². The number of likely N-dealkylation sites (N-methyl/N-ethyl adjacent to an activating group) is 1. The summed E-state index contributed by atoms with van der Waals surface area (Å²) in [5.74, 6) is 0. The van der Waals surface area contributed by atoms with Gasteiger partial charge in [0.25, 0.3) is 0 Å². The van der Waals surface area contributed by atoms with Crippen molar-refractivity contribution in [2.45, 2.75) is 30.5 Å². The number of nitrogens with zero attached hydrogens (tertiary/aromatic N) is 1. The topological polar surface area (TPSA) is 43.0 Å². The smallest absolute Gasteiger partial charge is 0.121 e. The van der Waals surface area contributed by atoms with E-state index in [4.69, 9.17) is 14.2 Å². The lowest BCUT2D eigenvalue weighted by atomic mass is 9.92. The minimum Gasteiger partial charge on any atom is -0.381 e. The molecule has 3 saturated heterocycles. The summed E-state index contributed by atoms with van der Waals surface area (Å²) in [7, 11) is 2.17. The number of nitrogens with one attached hydrogen (secondary N) is 1. The van der Waals surface area contributed by atoms with Gasteiger partial charge in [0.1, 0.15) is 5.72 Å². The van der Waals surface area contributed by atoms with Gasteiger partial charge in [0.15, 0.2) is 0 Å². The van der Waals surface area contributed by atoms with Crippen molar-refractivity contribution in [1.29, 1.82) is 0 Å². The van der Waals surface area contributed by atoms with Gasteiger partial charge in [0.05, 0.1) is 32.0 Å². The average molecular weight is 256 g/mol. The van der Waals surface area contributed by atoms with Gasteiger partial charge in [-0.1, -0.05) is 0 Å². The number of hydrogen-bond donors (Lipinski definition) is 1. The molecule has 2 unspecified atom stereocenters. The second-order valence-electron chi connectivity index (χ2n) is 5.80. The first kappa shape index (κ1) is 12.8. The van der Waals surface area contributed by atoms with E-state index in [0.717, 1.165) is 65.4 Å². The first-order chi connectivity index (χ1) is 8.75. The molecular weight excluding hydrogens is 232 g/mol. The predicted molar refractivity (Wildman–Crippen MR) is 67.5 cm³/mol. The Balaban J connectivity index is 1.65. The molecule has 0 radical (unpaired) electrons. The van der Waals surface area contributed by atoms with Crippen LogP contribution in [0.3, 0.4) is 0 Å². The molecule has 2 atom stereocenters. The lowest BCUT2D eigenvalue weighted by molar-refractivity contribution is -0.188. The zero-order valence-electron chi connectivity index (χ0n) is 11.2. The third-order valence-electron chi connectivity index (χ3n) is 4.63. The van der Waals surface area contributed by atoms with Gasteiger partial charge >= 0.3 is 0 Å². The summed E-state index contributed by atoms with van der Waals surface area (Å²) in [6, 6.07) is 0. The zero-order chi connectivity index (χ0) is 12.5. The highest BCUT2D eigenvalue weighted by Gasteiger charge is 2.46. The van der Waals surface area contributed by atoms with E-state index in [1.807, 2.05) is 0 Å². The third kappa shape index (κ3) is 2.30. The van der Waals surface area contributed by atoms with Gasteiger partial charge in [-0.3, -0.25) is 10.2 Å². The molecule has 5 heteroatoms. The van der Waals surface area contributed by atoms with E-state index in [9.17, 15) is 0 Å². The summed E-state index contributed by atoms with van der Waals surface area (Å²) in [4.78, 5) is 2.38. The monoisotopic (exact) mass is 256 g/mol. The van der Waals surface area contributed by atoms with E-state index in [-0.39, 0.29) is 11.3 Å². The molecule has 3 rings (SSSR count). The van der Waals surface area contributed by atoms with E-state index in [0.29, 0.717) is 0 Å². The molecule has 0 aromatic rings. The quantitative estimate of drug-likeness (QED) is 0.671. The standard InChI is InChI=1S/C13H24N2O3/c1-15-5-8-17-10-12(15)9-14-13(18-11-12)3-2-6-16-7-4-13/h14H,2-11H2,1H3. The maximum atomic E-state index is 6.24. The van der Waals surface area contributed by atoms with Crippen LogP contribution in [0.4, 0.5) is 0 Å². The van der Waals surface area contributed by atoms with Crippen molar-refractivity contribution in [2.75, 3.05) is 53.2 Å². The minimum atomic E-state index is -0.153. The first-order valence-electron chi connectivity index (χ1n) is 7.01. The second-order valence-corrected chi connectivity index (χ2v) is 5.80. The van der Waals surface area contributed by atoms with Gasteiger partial charge in [-0.25, -0.2) is 0 Å². The summed E-state index contributed by atoms with van der Waals surface area (Å²) in [6.45, 7) is 5.95. The van der Waals surface area contributed by atoms with E-state index in [1.54, 1.807) is 0 Å². The first-order valence-corrected chi connectivity index (χ1v) is 7.01. The van der Waals surface area contributed by atoms with Crippen molar-refractivity contribution >= 4 is 0 Å². The molecule has 1 N–H and O–H groups in total. The molecule has 3 fully saturated rings. The maximum absolute atomic E-state index is 6.24. The molecule has 3 aliphatic rings. The van der Waals surface area contributed by atoms with Crippen molar-refractivity contribution < 1.29 is 14.2 Å². The van der Waals surface area contributed by atoms with E-state index in [1.165, 1.54) is 0 Å². The van der Waals surface area contributed by atoms with E-state index in [2.05, 4.69) is 17.3 Å². The molecule has 0 bridgehead atoms. The molecule has 5 nitrogen and oxygen atoms in total. The largest absolute Gasteiger partial charge is 0.381 e. The van der Waals surface area contributed by atoms with Crippen LogP contribution in [0.2, 0.25) is 0 Å². The van der Waals surface area contributed by atoms with Crippen LogP contribution in [0.1, 0.15) is 19.3 Å². The van der Waals surface area contributed by atoms with Crippen molar-refractivity contribution in [3.8, 4) is 0 Å². The Morgan fingerprint density at radius 3 is 2.78 bits per heavy atom. The molecule has 0 aromatic carbocycles. The minimum absolute atomic E-state index is 0.0245. The molecular formula is C13H24N2O3. The average Bonchev–Trinajstić information content (AvgIpc) is 2.63. The highest BCUT2D eigenvalue weighted by molar-refractivity contribution is 5.00. The Morgan fingerprint density at radius 1 is 1.06 bits per heavy atom. The Bertz CT molecular complexity index is 280. The van der Waals surface area contributed by atoms with Crippen molar-refractivity contribution in [2.24, 2.45) is 0 Å². The molecule has 0 amide bonds. The Kier molecular flexibility index (Phi) is 3.60. The molecule has 0 aromatic heterocycles. The Hall–Kier alpha value is -0.200. The maximum Gasteiger partial charge on any atom is 0.121 e. The van der Waals surface area contributed by atoms with Crippen LogP contribution in [0, 0.1) is 0 Å². The lowest BCUT2D eigenvalue weighted by Gasteiger charge is -2.52. The van der Waals surface area contributed by atoms with Crippen LogP contribution < -0.4 is 5.32 Å². The SMILES string of the molecule is CN1CCOCC12CNC1(CCCOCC1)OC2. The third-order valence-corrected chi connectivity index (χ3v) is 4.63. The van der Waals surface area contributed by atoms with Gasteiger partial charge in [0.2, 0.25) is 0 Å². The summed E-state index contributed by atoms with van der Waals surface area (Å²) >= 11 is 0. The molecule has 18 heavy (non-hydrogen) atoms. The van der Waals surface area contributed by atoms with Gasteiger partial charge in [-0.2, -0.15) is 0 Å². The normalized spacial score (nSPS) is 43.2. The fourth-order valence-corrected chi connectivity index (χ4v) is 3.09. The molecule has 0 aliphatic carbocycles. The van der Waals surface area contributed by atoms with Gasteiger partial charge in [-0.15, -0.1) is 0 Å². The fraction of sp³-hybridized carbons (Fsp3) is 1.00. The van der Waals surface area contributed by atoms with Crippen molar-refractivity contribution in [3.63, 3.8) is 0 Å². The summed E-state index contributed by atoms with van der Waals surface area (Å²) in [6.07, 6.45) is 3.08.